The molecule has 1 rings (SSSR count). The third-order valence-corrected chi connectivity index (χ3v) is 3.50. The van der Waals surface area contributed by atoms with Gasteiger partial charge in [-0.3, -0.25) is 0 Å². The quantitative estimate of drug-likeness (QED) is 0.769. The normalized spacial score (nSPS) is 15.5. The lowest BCUT2D eigenvalue weighted by atomic mass is 10.1. The summed E-state index contributed by atoms with van der Waals surface area (Å²) in [6, 6.07) is 6.16. The minimum Gasteiger partial charge on any atom is -0.493 e. The summed E-state index contributed by atoms with van der Waals surface area (Å²) < 4.78 is 11.1. The molecule has 2 unspecified atom stereocenters. The van der Waals surface area contributed by atoms with Crippen molar-refractivity contribution in [1.29, 1.82) is 0 Å². The van der Waals surface area contributed by atoms with Crippen LogP contribution in [0.2, 0.25) is 0 Å². The van der Waals surface area contributed by atoms with Crippen molar-refractivity contribution in [3.8, 4) is 11.5 Å². The molecule has 0 aliphatic carbocycles. The van der Waals surface area contributed by atoms with Gasteiger partial charge in [0.05, 0.1) is 12.7 Å². The van der Waals surface area contributed by atoms with E-state index in [1.165, 1.54) is 0 Å². The van der Waals surface area contributed by atoms with Gasteiger partial charge >= 0.3 is 0 Å². The van der Waals surface area contributed by atoms with Crippen LogP contribution in [0, 0.1) is 0 Å². The largest absolute Gasteiger partial charge is 0.493 e. The third-order valence-electron chi connectivity index (χ3n) is 3.50. The number of ether oxygens (including phenoxy) is 2. The van der Waals surface area contributed by atoms with Crippen LogP contribution >= 0.6 is 0 Å². The Morgan fingerprint density at radius 1 is 1.30 bits per heavy atom. The van der Waals surface area contributed by atoms with Crippen LogP contribution in [0.4, 0.5) is 0 Å². The number of hydrogen-bond donors (Lipinski definition) is 2. The highest BCUT2D eigenvalue weighted by Gasteiger charge is 2.19. The summed E-state index contributed by atoms with van der Waals surface area (Å²) in [6.07, 6.45) is 0.644. The van der Waals surface area contributed by atoms with Gasteiger partial charge in [-0.1, -0.05) is 19.9 Å². The zero-order valence-electron chi connectivity index (χ0n) is 13.2. The fourth-order valence-electron chi connectivity index (χ4n) is 1.83. The van der Waals surface area contributed by atoms with E-state index in [1.54, 1.807) is 14.0 Å². The summed E-state index contributed by atoms with van der Waals surface area (Å²) in [6.45, 7) is 9.06. The van der Waals surface area contributed by atoms with Crippen molar-refractivity contribution in [2.24, 2.45) is 0 Å². The predicted molar refractivity (Wildman–Crippen MR) is 81.5 cm³/mol. The van der Waals surface area contributed by atoms with Gasteiger partial charge in [0.2, 0.25) is 0 Å². The molecular weight excluding hydrogens is 254 g/mol. The Labute approximate surface area is 122 Å². The minimum absolute atomic E-state index is 0.252. The van der Waals surface area contributed by atoms with Crippen molar-refractivity contribution in [2.45, 2.75) is 45.8 Å². The molecule has 4 heteroatoms. The second-order valence-electron chi connectivity index (χ2n) is 5.33. The third kappa shape index (κ3) is 4.69. The average molecular weight is 281 g/mol. The lowest BCUT2D eigenvalue weighted by Crippen LogP contribution is -2.31. The first-order valence-corrected chi connectivity index (χ1v) is 7.20. The molecule has 1 aromatic carbocycles. The van der Waals surface area contributed by atoms with Gasteiger partial charge in [-0.05, 0) is 44.5 Å². The van der Waals surface area contributed by atoms with Gasteiger partial charge in [0.25, 0.3) is 0 Å². The fraction of sp³-hybridized carbons (Fsp3) is 0.625. The van der Waals surface area contributed by atoms with E-state index in [9.17, 15) is 5.11 Å². The second-order valence-corrected chi connectivity index (χ2v) is 5.33. The van der Waals surface area contributed by atoms with E-state index in [-0.39, 0.29) is 12.6 Å². The first-order valence-electron chi connectivity index (χ1n) is 7.20. The van der Waals surface area contributed by atoms with Crippen LogP contribution in [0.25, 0.3) is 0 Å². The molecule has 114 valence electrons. The Morgan fingerprint density at radius 3 is 2.55 bits per heavy atom. The molecular formula is C16H27NO3. The summed E-state index contributed by atoms with van der Waals surface area (Å²) in [5, 5.41) is 13.3. The molecule has 0 heterocycles. The fourth-order valence-corrected chi connectivity index (χ4v) is 1.83. The van der Waals surface area contributed by atoms with Gasteiger partial charge in [-0.25, -0.2) is 0 Å². The van der Waals surface area contributed by atoms with Crippen LogP contribution in [0.5, 0.6) is 11.5 Å². The van der Waals surface area contributed by atoms with E-state index < -0.39 is 5.60 Å². The summed E-state index contributed by atoms with van der Waals surface area (Å²) in [5.41, 5.74) is 0.332. The summed E-state index contributed by atoms with van der Waals surface area (Å²) >= 11 is 0. The molecule has 0 radical (unpaired) electrons. The van der Waals surface area contributed by atoms with E-state index in [0.29, 0.717) is 17.9 Å². The SMILES string of the molecule is CCNC(C)c1ccc(OCC(C)(O)CC)c(OC)c1. The summed E-state index contributed by atoms with van der Waals surface area (Å²) in [7, 11) is 1.63. The number of nitrogens with one attached hydrogen (secondary N) is 1. The highest BCUT2D eigenvalue weighted by Crippen LogP contribution is 2.31. The smallest absolute Gasteiger partial charge is 0.161 e. The number of aliphatic hydroxyl groups is 1. The average Bonchev–Trinajstić information content (AvgIpc) is 2.45. The molecule has 2 atom stereocenters. The Morgan fingerprint density at radius 2 is 2.00 bits per heavy atom. The highest BCUT2D eigenvalue weighted by atomic mass is 16.5. The first kappa shape index (κ1) is 16.8. The Hall–Kier alpha value is -1.26. The van der Waals surface area contributed by atoms with Crippen LogP contribution in [0.15, 0.2) is 18.2 Å². The molecule has 2 N–H and O–H groups in total. The van der Waals surface area contributed by atoms with Crippen molar-refractivity contribution in [1.82, 2.24) is 5.32 Å². The minimum atomic E-state index is -0.819. The van der Waals surface area contributed by atoms with Gasteiger partial charge in [0.1, 0.15) is 6.61 Å². The van der Waals surface area contributed by atoms with Gasteiger partial charge in [0, 0.05) is 6.04 Å². The molecule has 0 aliphatic rings. The van der Waals surface area contributed by atoms with Crippen LogP contribution in [-0.2, 0) is 0 Å². The number of methoxy groups -OCH3 is 1. The van der Waals surface area contributed by atoms with Gasteiger partial charge in [0.15, 0.2) is 11.5 Å². The van der Waals surface area contributed by atoms with Crippen LogP contribution in [-0.4, -0.2) is 31.0 Å². The summed E-state index contributed by atoms with van der Waals surface area (Å²) in [4.78, 5) is 0. The van der Waals surface area contributed by atoms with Crippen molar-refractivity contribution in [2.75, 3.05) is 20.3 Å². The lowest BCUT2D eigenvalue weighted by Gasteiger charge is -2.23. The highest BCUT2D eigenvalue weighted by molar-refractivity contribution is 5.43. The first-order chi connectivity index (χ1) is 9.43. The maximum absolute atomic E-state index is 9.99. The monoisotopic (exact) mass is 281 g/mol. The molecule has 0 bridgehead atoms. The van der Waals surface area contributed by atoms with Crippen LogP contribution < -0.4 is 14.8 Å². The Kier molecular flexibility index (Phi) is 6.30. The molecule has 0 aliphatic heterocycles. The zero-order valence-corrected chi connectivity index (χ0v) is 13.2. The molecule has 0 saturated carbocycles. The van der Waals surface area contributed by atoms with Gasteiger partial charge in [-0.2, -0.15) is 0 Å². The molecule has 0 spiro atoms. The number of benzene rings is 1. The van der Waals surface area contributed by atoms with E-state index in [1.807, 2.05) is 25.1 Å². The molecule has 4 nitrogen and oxygen atoms in total. The molecule has 0 amide bonds. The van der Waals surface area contributed by atoms with E-state index in [2.05, 4.69) is 19.2 Å². The van der Waals surface area contributed by atoms with Gasteiger partial charge in [-0.15, -0.1) is 0 Å². The number of hydrogen-bond acceptors (Lipinski definition) is 4. The topological polar surface area (TPSA) is 50.7 Å². The Balaban J connectivity index is 2.83. The van der Waals surface area contributed by atoms with Crippen molar-refractivity contribution in [3.63, 3.8) is 0 Å². The van der Waals surface area contributed by atoms with Gasteiger partial charge < -0.3 is 19.9 Å². The van der Waals surface area contributed by atoms with E-state index in [4.69, 9.17) is 9.47 Å². The predicted octanol–water partition coefficient (Wildman–Crippen LogP) is 2.91. The molecule has 20 heavy (non-hydrogen) atoms. The zero-order chi connectivity index (χ0) is 15.2. The Bertz CT molecular complexity index is 418. The van der Waals surface area contributed by atoms with E-state index in [0.717, 1.165) is 12.1 Å². The number of rotatable bonds is 8. The molecule has 0 aromatic heterocycles. The maximum Gasteiger partial charge on any atom is 0.161 e. The van der Waals surface area contributed by atoms with Crippen molar-refractivity contribution >= 4 is 0 Å². The van der Waals surface area contributed by atoms with Crippen LogP contribution in [0.3, 0.4) is 0 Å². The van der Waals surface area contributed by atoms with Crippen molar-refractivity contribution in [3.05, 3.63) is 23.8 Å². The summed E-state index contributed by atoms with van der Waals surface area (Å²) in [5.74, 6) is 1.35. The molecule has 1 aromatic rings. The van der Waals surface area contributed by atoms with E-state index >= 15 is 0 Å². The van der Waals surface area contributed by atoms with Crippen LogP contribution in [0.1, 0.15) is 45.7 Å². The molecule has 0 fully saturated rings. The van der Waals surface area contributed by atoms with Crippen molar-refractivity contribution < 1.29 is 14.6 Å². The maximum atomic E-state index is 9.99. The lowest BCUT2D eigenvalue weighted by molar-refractivity contribution is 0.00774. The second kappa shape index (κ2) is 7.50. The molecule has 0 saturated heterocycles. The standard InChI is InChI=1S/C16H27NO3/c1-6-16(4,18)11-20-14-9-8-13(10-15(14)19-5)12(3)17-7-2/h8-10,12,17-18H,6-7,11H2,1-5H3.